The summed E-state index contributed by atoms with van der Waals surface area (Å²) in [5, 5.41) is 10.3. The molecule has 7 nitrogen and oxygen atoms in total. The van der Waals surface area contributed by atoms with Gasteiger partial charge in [0.2, 0.25) is 0 Å². The van der Waals surface area contributed by atoms with Gasteiger partial charge in [0.25, 0.3) is 0 Å². The second kappa shape index (κ2) is 7.82. The number of hydrogen-bond donors (Lipinski definition) is 1. The zero-order valence-electron chi connectivity index (χ0n) is 14.9. The summed E-state index contributed by atoms with van der Waals surface area (Å²) >= 11 is 0. The third-order valence-electron chi connectivity index (χ3n) is 4.02. The van der Waals surface area contributed by atoms with Gasteiger partial charge < -0.3 is 23.7 Å². The molecule has 0 fully saturated rings. The molecule has 140 valence electrons. The summed E-state index contributed by atoms with van der Waals surface area (Å²) in [5.41, 5.74) is 0.613. The first-order valence-electron chi connectivity index (χ1n) is 8.15. The summed E-state index contributed by atoms with van der Waals surface area (Å²) in [6, 6.07) is 11.2. The standard InChI is InChI=1S/C20H18O7/c1-12-17(21)8-7-16-13(9-18(22)27-20(12)16)10-26-19(23)11-25-15-5-3-14(24-2)4-6-15/h3-9,21H,10-11H2,1-2H3. The van der Waals surface area contributed by atoms with E-state index < -0.39 is 11.6 Å². The maximum Gasteiger partial charge on any atom is 0.344 e. The molecular formula is C20H18O7. The van der Waals surface area contributed by atoms with E-state index in [1.807, 2.05) is 0 Å². The van der Waals surface area contributed by atoms with Gasteiger partial charge >= 0.3 is 11.6 Å². The van der Waals surface area contributed by atoms with Crippen LogP contribution in [0.4, 0.5) is 0 Å². The first-order valence-corrected chi connectivity index (χ1v) is 8.15. The molecule has 1 aromatic heterocycles. The molecule has 1 N–H and O–H groups in total. The van der Waals surface area contributed by atoms with Crippen LogP contribution in [-0.4, -0.2) is 24.8 Å². The van der Waals surface area contributed by atoms with E-state index in [1.165, 1.54) is 12.1 Å². The molecule has 7 heteroatoms. The van der Waals surface area contributed by atoms with Gasteiger partial charge in [-0.05, 0) is 43.3 Å². The van der Waals surface area contributed by atoms with Crippen LogP contribution >= 0.6 is 0 Å². The highest BCUT2D eigenvalue weighted by Gasteiger charge is 2.13. The van der Waals surface area contributed by atoms with Crippen molar-refractivity contribution in [3.8, 4) is 17.2 Å². The highest BCUT2D eigenvalue weighted by Crippen LogP contribution is 2.27. The molecule has 0 saturated carbocycles. The van der Waals surface area contributed by atoms with Crippen molar-refractivity contribution in [2.75, 3.05) is 13.7 Å². The molecule has 0 amide bonds. The summed E-state index contributed by atoms with van der Waals surface area (Å²) < 4.78 is 20.8. The number of phenols is 1. The number of rotatable bonds is 6. The van der Waals surface area contributed by atoms with E-state index in [2.05, 4.69) is 0 Å². The summed E-state index contributed by atoms with van der Waals surface area (Å²) in [7, 11) is 1.56. The lowest BCUT2D eigenvalue weighted by Crippen LogP contribution is -2.15. The fourth-order valence-corrected chi connectivity index (χ4v) is 2.55. The number of ether oxygens (including phenoxy) is 3. The van der Waals surface area contributed by atoms with Crippen molar-refractivity contribution in [3.05, 3.63) is 64.0 Å². The minimum absolute atomic E-state index is 0.0210. The highest BCUT2D eigenvalue weighted by atomic mass is 16.6. The Bertz CT molecular complexity index is 1020. The van der Waals surface area contributed by atoms with E-state index in [0.29, 0.717) is 28.0 Å². The predicted octanol–water partition coefficient (Wildman–Crippen LogP) is 2.94. The minimum Gasteiger partial charge on any atom is -0.508 e. The number of hydrogen-bond acceptors (Lipinski definition) is 7. The lowest BCUT2D eigenvalue weighted by Gasteiger charge is -2.10. The number of phenolic OH excluding ortho intramolecular Hbond substituents is 1. The minimum atomic E-state index is -0.586. The number of aryl methyl sites for hydroxylation is 1. The summed E-state index contributed by atoms with van der Waals surface area (Å²) in [6.07, 6.45) is 0. The Labute approximate surface area is 154 Å². The smallest absolute Gasteiger partial charge is 0.344 e. The normalized spacial score (nSPS) is 10.6. The summed E-state index contributed by atoms with van der Waals surface area (Å²) in [4.78, 5) is 23.7. The predicted molar refractivity (Wildman–Crippen MR) is 97.2 cm³/mol. The van der Waals surface area contributed by atoms with Crippen LogP contribution in [0.2, 0.25) is 0 Å². The highest BCUT2D eigenvalue weighted by molar-refractivity contribution is 5.85. The van der Waals surface area contributed by atoms with Gasteiger partial charge in [0, 0.05) is 22.6 Å². The number of carbonyl (C=O) groups excluding carboxylic acids is 1. The zero-order chi connectivity index (χ0) is 19.4. The Kier molecular flexibility index (Phi) is 5.30. The summed E-state index contributed by atoms with van der Waals surface area (Å²) in [6.45, 7) is 1.25. The molecule has 27 heavy (non-hydrogen) atoms. The van der Waals surface area contributed by atoms with Crippen LogP contribution in [0.25, 0.3) is 11.0 Å². The molecule has 2 aromatic carbocycles. The average Bonchev–Trinajstić information content (AvgIpc) is 2.68. The molecule has 0 aliphatic heterocycles. The van der Waals surface area contributed by atoms with E-state index in [0.717, 1.165) is 0 Å². The fraction of sp³-hybridized carbons (Fsp3) is 0.200. The van der Waals surface area contributed by atoms with Crippen molar-refractivity contribution in [1.82, 2.24) is 0 Å². The SMILES string of the molecule is COc1ccc(OCC(=O)OCc2cc(=O)oc3c(C)c(O)ccc23)cc1. The van der Waals surface area contributed by atoms with E-state index in [-0.39, 0.29) is 24.5 Å². The van der Waals surface area contributed by atoms with Crippen LogP contribution in [0.1, 0.15) is 11.1 Å². The molecule has 0 unspecified atom stereocenters. The van der Waals surface area contributed by atoms with Crippen molar-refractivity contribution in [2.24, 2.45) is 0 Å². The van der Waals surface area contributed by atoms with Crippen LogP contribution in [0.5, 0.6) is 17.2 Å². The second-order valence-electron chi connectivity index (χ2n) is 5.80. The van der Waals surface area contributed by atoms with Gasteiger partial charge in [0.05, 0.1) is 7.11 Å². The van der Waals surface area contributed by atoms with Crippen molar-refractivity contribution >= 4 is 16.9 Å². The van der Waals surface area contributed by atoms with Gasteiger partial charge in [-0.25, -0.2) is 9.59 Å². The van der Waals surface area contributed by atoms with Gasteiger partial charge in [-0.3, -0.25) is 0 Å². The quantitative estimate of drug-likeness (QED) is 0.526. The van der Waals surface area contributed by atoms with Crippen LogP contribution in [0.15, 0.2) is 51.7 Å². The van der Waals surface area contributed by atoms with Crippen molar-refractivity contribution in [2.45, 2.75) is 13.5 Å². The van der Waals surface area contributed by atoms with Gasteiger partial charge in [0.15, 0.2) is 6.61 Å². The van der Waals surface area contributed by atoms with Crippen molar-refractivity contribution < 1.29 is 28.5 Å². The molecule has 0 bridgehead atoms. The van der Waals surface area contributed by atoms with Gasteiger partial charge in [-0.15, -0.1) is 0 Å². The Hall–Kier alpha value is -3.48. The van der Waals surface area contributed by atoms with Crippen molar-refractivity contribution in [1.29, 1.82) is 0 Å². The maximum absolute atomic E-state index is 11.9. The third kappa shape index (κ3) is 4.20. The average molecular weight is 370 g/mol. The first kappa shape index (κ1) is 18.3. The monoisotopic (exact) mass is 370 g/mol. The molecule has 0 radical (unpaired) electrons. The van der Waals surface area contributed by atoms with Crippen LogP contribution in [-0.2, 0) is 16.1 Å². The summed E-state index contributed by atoms with van der Waals surface area (Å²) in [5.74, 6) is 0.626. The van der Waals surface area contributed by atoms with E-state index in [4.69, 9.17) is 18.6 Å². The molecule has 0 saturated heterocycles. The lowest BCUT2D eigenvalue weighted by atomic mass is 10.1. The van der Waals surface area contributed by atoms with E-state index >= 15 is 0 Å². The number of fused-ring (bicyclic) bond motifs is 1. The van der Waals surface area contributed by atoms with Crippen LogP contribution in [0, 0.1) is 6.92 Å². The number of aromatic hydroxyl groups is 1. The Morgan fingerprint density at radius 3 is 2.52 bits per heavy atom. The van der Waals surface area contributed by atoms with Gasteiger partial charge in [-0.2, -0.15) is 0 Å². The van der Waals surface area contributed by atoms with E-state index in [1.54, 1.807) is 44.4 Å². The topological polar surface area (TPSA) is 95.2 Å². The Morgan fingerprint density at radius 1 is 1.11 bits per heavy atom. The number of esters is 1. The molecule has 0 aliphatic rings. The lowest BCUT2D eigenvalue weighted by molar-refractivity contribution is -0.147. The zero-order valence-corrected chi connectivity index (χ0v) is 14.9. The molecule has 3 aromatic rings. The number of benzene rings is 2. The van der Waals surface area contributed by atoms with E-state index in [9.17, 15) is 14.7 Å². The third-order valence-corrected chi connectivity index (χ3v) is 4.02. The molecule has 1 heterocycles. The van der Waals surface area contributed by atoms with Crippen molar-refractivity contribution in [3.63, 3.8) is 0 Å². The molecular weight excluding hydrogens is 352 g/mol. The molecule has 0 atom stereocenters. The van der Waals surface area contributed by atoms with Gasteiger partial charge in [0.1, 0.15) is 29.4 Å². The van der Waals surface area contributed by atoms with Gasteiger partial charge in [-0.1, -0.05) is 0 Å². The van der Waals surface area contributed by atoms with Crippen LogP contribution in [0.3, 0.4) is 0 Å². The Balaban J connectivity index is 1.66. The first-order chi connectivity index (χ1) is 13.0. The largest absolute Gasteiger partial charge is 0.508 e. The molecule has 0 aliphatic carbocycles. The molecule has 3 rings (SSSR count). The van der Waals surface area contributed by atoms with Crippen LogP contribution < -0.4 is 15.1 Å². The Morgan fingerprint density at radius 2 is 1.81 bits per heavy atom. The number of methoxy groups -OCH3 is 1. The molecule has 0 spiro atoms. The second-order valence-corrected chi connectivity index (χ2v) is 5.80. The maximum atomic E-state index is 11.9. The fourth-order valence-electron chi connectivity index (χ4n) is 2.55. The number of carbonyl (C=O) groups is 1.